The van der Waals surface area contributed by atoms with Gasteiger partial charge in [-0.3, -0.25) is 0 Å². The molecule has 0 aromatic carbocycles. The van der Waals surface area contributed by atoms with Crippen molar-refractivity contribution >= 4 is 46.4 Å². The minimum absolute atomic E-state index is 1.00. The lowest BCUT2D eigenvalue weighted by Gasteiger charge is -2.05. The first-order valence-corrected chi connectivity index (χ1v) is 19.8. The van der Waals surface area contributed by atoms with Crippen molar-refractivity contribution in [3.63, 3.8) is 0 Å². The van der Waals surface area contributed by atoms with Gasteiger partial charge in [-0.1, -0.05) is 129 Å². The number of H-pyrrole nitrogens is 2. The maximum Gasteiger partial charge on any atom is 0.0691 e. The lowest BCUT2D eigenvalue weighted by Crippen LogP contribution is -1.95. The Morgan fingerprint density at radius 2 is 0.792 bits per heavy atom. The first kappa shape index (κ1) is 35.9. The molecule has 4 heteroatoms. The van der Waals surface area contributed by atoms with Crippen LogP contribution in [0.25, 0.3) is 46.4 Å². The molecule has 258 valence electrons. The molecular formula is C44H62N4. The smallest absolute Gasteiger partial charge is 0.0691 e. The fourth-order valence-corrected chi connectivity index (χ4v) is 7.30. The number of rotatable bonds is 22. The molecule has 0 radical (unpaired) electrons. The molecule has 8 bridgehead atoms. The van der Waals surface area contributed by atoms with Crippen LogP contribution in [0.5, 0.6) is 0 Å². The van der Waals surface area contributed by atoms with E-state index in [1.54, 1.807) is 0 Å². The van der Waals surface area contributed by atoms with Crippen molar-refractivity contribution < 1.29 is 0 Å². The van der Waals surface area contributed by atoms with Gasteiger partial charge in [-0.25, -0.2) is 9.97 Å². The number of fused-ring (bicyclic) bond motifs is 8. The van der Waals surface area contributed by atoms with Crippen LogP contribution in [0.2, 0.25) is 0 Å². The van der Waals surface area contributed by atoms with Crippen LogP contribution < -0.4 is 0 Å². The van der Waals surface area contributed by atoms with Gasteiger partial charge >= 0.3 is 0 Å². The first-order chi connectivity index (χ1) is 23.7. The second kappa shape index (κ2) is 20.2. The highest BCUT2D eigenvalue weighted by Crippen LogP contribution is 2.26. The Morgan fingerprint density at radius 1 is 0.417 bits per heavy atom. The van der Waals surface area contributed by atoms with Gasteiger partial charge in [0.1, 0.15) is 0 Å². The molecule has 0 amide bonds. The summed E-state index contributed by atoms with van der Waals surface area (Å²) in [5.41, 5.74) is 11.4. The van der Waals surface area contributed by atoms with Crippen LogP contribution in [-0.2, 0) is 12.8 Å². The van der Waals surface area contributed by atoms with Crippen molar-refractivity contribution in [3.05, 3.63) is 70.3 Å². The van der Waals surface area contributed by atoms with Gasteiger partial charge in [0.05, 0.1) is 22.8 Å². The van der Waals surface area contributed by atoms with Crippen LogP contribution in [0.15, 0.2) is 36.4 Å². The molecule has 48 heavy (non-hydrogen) atoms. The summed E-state index contributed by atoms with van der Waals surface area (Å²) in [6.07, 6.45) is 37.7. The molecule has 0 aliphatic carbocycles. The molecule has 2 N–H and O–H groups in total. The maximum atomic E-state index is 5.11. The van der Waals surface area contributed by atoms with E-state index in [1.807, 2.05) is 0 Å². The van der Waals surface area contributed by atoms with Gasteiger partial charge < -0.3 is 9.97 Å². The van der Waals surface area contributed by atoms with E-state index in [0.717, 1.165) is 46.7 Å². The molecule has 0 atom stereocenters. The largest absolute Gasteiger partial charge is 0.355 e. The van der Waals surface area contributed by atoms with Gasteiger partial charge in [0.15, 0.2) is 0 Å². The fourth-order valence-electron chi connectivity index (χ4n) is 7.30. The number of nitrogens with one attached hydrogen (secondary N) is 2. The van der Waals surface area contributed by atoms with Crippen LogP contribution in [0.1, 0.15) is 176 Å². The summed E-state index contributed by atoms with van der Waals surface area (Å²) in [7, 11) is 0. The lowest BCUT2D eigenvalue weighted by atomic mass is 10.0. The van der Waals surface area contributed by atoms with E-state index in [-0.39, 0.29) is 0 Å². The number of aromatic amines is 2. The van der Waals surface area contributed by atoms with Gasteiger partial charge in [-0.2, -0.15) is 0 Å². The molecular weight excluding hydrogens is 585 g/mol. The Morgan fingerprint density at radius 3 is 1.21 bits per heavy atom. The number of unbranched alkanes of at least 4 members (excludes halogenated alkanes) is 18. The monoisotopic (exact) mass is 646 g/mol. The third-order valence-electron chi connectivity index (χ3n) is 10.2. The topological polar surface area (TPSA) is 57.4 Å². The van der Waals surface area contributed by atoms with E-state index in [9.17, 15) is 0 Å². The Labute approximate surface area is 291 Å². The predicted octanol–water partition coefficient (Wildman–Crippen LogP) is 13.6. The van der Waals surface area contributed by atoms with Crippen molar-refractivity contribution in [2.75, 3.05) is 0 Å². The zero-order chi connectivity index (χ0) is 33.2. The van der Waals surface area contributed by atoms with Gasteiger partial charge in [-0.15, -0.1) is 0 Å². The summed E-state index contributed by atoms with van der Waals surface area (Å²) in [5, 5.41) is 0. The van der Waals surface area contributed by atoms with Crippen molar-refractivity contribution in [1.82, 2.24) is 19.9 Å². The van der Waals surface area contributed by atoms with Gasteiger partial charge in [-0.05, 0) is 91.9 Å². The van der Waals surface area contributed by atoms with Crippen LogP contribution in [0.3, 0.4) is 0 Å². The number of aryl methyl sites for hydroxylation is 1. The quantitative estimate of drug-likeness (QED) is 0.0735. The van der Waals surface area contributed by atoms with Crippen LogP contribution >= 0.6 is 0 Å². The third-order valence-corrected chi connectivity index (χ3v) is 10.2. The Kier molecular flexibility index (Phi) is 15.1. The van der Waals surface area contributed by atoms with E-state index >= 15 is 0 Å². The summed E-state index contributed by atoms with van der Waals surface area (Å²) in [5.74, 6) is 0. The molecule has 0 unspecified atom stereocenters. The lowest BCUT2D eigenvalue weighted by molar-refractivity contribution is 0.556. The third kappa shape index (κ3) is 11.3. The van der Waals surface area contributed by atoms with Crippen molar-refractivity contribution in [3.8, 4) is 0 Å². The zero-order valence-corrected chi connectivity index (χ0v) is 30.2. The maximum absolute atomic E-state index is 5.11. The Balaban J connectivity index is 1.30. The number of aromatic nitrogens is 4. The van der Waals surface area contributed by atoms with Crippen molar-refractivity contribution in [1.29, 1.82) is 0 Å². The van der Waals surface area contributed by atoms with Gasteiger partial charge in [0.25, 0.3) is 0 Å². The highest BCUT2D eigenvalue weighted by molar-refractivity contribution is 5.80. The average Bonchev–Trinajstić information content (AvgIpc) is 3.92. The van der Waals surface area contributed by atoms with Crippen molar-refractivity contribution in [2.45, 2.75) is 155 Å². The molecule has 3 aromatic heterocycles. The molecule has 5 rings (SSSR count). The molecule has 2 aliphatic heterocycles. The molecule has 0 saturated heterocycles. The summed E-state index contributed by atoms with van der Waals surface area (Å²) in [4.78, 5) is 17.7. The summed E-state index contributed by atoms with van der Waals surface area (Å²) < 4.78 is 0. The Hall–Kier alpha value is -3.40. The predicted molar refractivity (Wildman–Crippen MR) is 210 cm³/mol. The SMILES string of the molecule is CCCCCCCCCCCCc1c2nc(cc3ccc([nH]3)c(CCCCCCCCCCCC)c3ccc(cc4nc1C=C4)[nH]3)C=C2. The summed E-state index contributed by atoms with van der Waals surface area (Å²) >= 11 is 0. The zero-order valence-electron chi connectivity index (χ0n) is 30.2. The van der Waals surface area contributed by atoms with Crippen LogP contribution in [-0.4, -0.2) is 19.9 Å². The number of hydrogen-bond donors (Lipinski definition) is 2. The van der Waals surface area contributed by atoms with E-state index in [2.05, 4.69) is 84.5 Å². The Bertz CT molecular complexity index is 1520. The fraction of sp³-hybridized carbons (Fsp3) is 0.545. The van der Waals surface area contributed by atoms with Crippen LogP contribution in [0, 0.1) is 0 Å². The molecule has 4 nitrogen and oxygen atoms in total. The second-order valence-corrected chi connectivity index (χ2v) is 14.3. The average molecular weight is 647 g/mol. The van der Waals surface area contributed by atoms with E-state index in [0.29, 0.717) is 0 Å². The standard InChI is InChI=1S/C44H62N4/c1-3-5-7-9-11-13-15-17-19-21-23-39-41-29-25-35(45-41)33-37-27-31-43(47-37)40(24-22-20-18-16-14-12-10-8-6-4-2)44-32-28-38(48-44)34-36-26-30-42(39)46-36/h25-34,45-46H,3-24H2,1-2H3. The summed E-state index contributed by atoms with van der Waals surface area (Å²) in [6.45, 7) is 4.58. The molecule has 0 saturated carbocycles. The first-order valence-electron chi connectivity index (χ1n) is 19.8. The highest BCUT2D eigenvalue weighted by Gasteiger charge is 2.12. The van der Waals surface area contributed by atoms with Crippen molar-refractivity contribution in [2.24, 2.45) is 0 Å². The molecule has 3 aromatic rings. The normalized spacial score (nSPS) is 12.4. The number of hydrogen-bond acceptors (Lipinski definition) is 2. The van der Waals surface area contributed by atoms with E-state index < -0.39 is 0 Å². The van der Waals surface area contributed by atoms with E-state index in [4.69, 9.17) is 9.97 Å². The summed E-state index contributed by atoms with van der Waals surface area (Å²) in [6, 6.07) is 13.3. The minimum Gasteiger partial charge on any atom is -0.355 e. The van der Waals surface area contributed by atoms with E-state index in [1.165, 1.54) is 151 Å². The van der Waals surface area contributed by atoms with Gasteiger partial charge in [0.2, 0.25) is 0 Å². The highest BCUT2D eigenvalue weighted by atomic mass is 14.8. The molecule has 5 heterocycles. The number of nitrogens with zero attached hydrogens (tertiary/aromatic N) is 2. The molecule has 0 spiro atoms. The molecule has 0 fully saturated rings. The molecule has 2 aliphatic rings. The second-order valence-electron chi connectivity index (χ2n) is 14.3. The minimum atomic E-state index is 1.00. The van der Waals surface area contributed by atoms with Gasteiger partial charge in [0, 0.05) is 27.6 Å². The van der Waals surface area contributed by atoms with Crippen LogP contribution in [0.4, 0.5) is 0 Å².